The highest BCUT2D eigenvalue weighted by molar-refractivity contribution is 7.98. The predicted molar refractivity (Wildman–Crippen MR) is 78.8 cm³/mol. The van der Waals surface area contributed by atoms with E-state index in [2.05, 4.69) is 49.4 Å². The molecule has 2 aromatic rings. The molecule has 2 rings (SSSR count). The largest absolute Gasteiger partial charge is 0.478 e. The molecule has 0 saturated heterocycles. The van der Waals surface area contributed by atoms with Gasteiger partial charge in [-0.1, -0.05) is 26.0 Å². The maximum Gasteiger partial charge on any atom is 0.214 e. The second-order valence-electron chi connectivity index (χ2n) is 4.49. The maximum atomic E-state index is 5.58. The number of hydrogen-bond donors (Lipinski definition) is 0. The van der Waals surface area contributed by atoms with Gasteiger partial charge in [0.25, 0.3) is 0 Å². The lowest BCUT2D eigenvalue weighted by Gasteiger charge is -2.14. The minimum absolute atomic E-state index is 0.465. The first kappa shape index (κ1) is 13.2. The summed E-state index contributed by atoms with van der Waals surface area (Å²) in [5.74, 6) is 1.20. The van der Waals surface area contributed by atoms with Crippen LogP contribution in [0.1, 0.15) is 32.3 Å². The van der Waals surface area contributed by atoms with E-state index >= 15 is 0 Å². The van der Waals surface area contributed by atoms with Gasteiger partial charge in [-0.05, 0) is 30.7 Å². The van der Waals surface area contributed by atoms with E-state index in [0.29, 0.717) is 12.5 Å². The van der Waals surface area contributed by atoms with Crippen LogP contribution < -0.4 is 4.74 Å². The van der Waals surface area contributed by atoms with Crippen molar-refractivity contribution in [2.24, 2.45) is 0 Å². The molecule has 0 fully saturated rings. The van der Waals surface area contributed by atoms with Gasteiger partial charge in [0.2, 0.25) is 5.88 Å². The number of ether oxygens (including phenoxy) is 1. The third-order valence-corrected chi connectivity index (χ3v) is 3.71. The Morgan fingerprint density at radius 1 is 1.33 bits per heavy atom. The Balaban J connectivity index is 2.72. The molecular weight excluding hydrogens is 242 g/mol. The van der Waals surface area contributed by atoms with Crippen LogP contribution >= 0.6 is 11.8 Å². The van der Waals surface area contributed by atoms with Crippen molar-refractivity contribution in [3.63, 3.8) is 0 Å². The lowest BCUT2D eigenvalue weighted by Crippen LogP contribution is -1.99. The molecule has 1 heterocycles. The van der Waals surface area contributed by atoms with E-state index in [0.717, 1.165) is 11.4 Å². The summed E-state index contributed by atoms with van der Waals surface area (Å²) >= 11 is 1.73. The van der Waals surface area contributed by atoms with Gasteiger partial charge >= 0.3 is 0 Å². The van der Waals surface area contributed by atoms with Gasteiger partial charge in [0, 0.05) is 16.3 Å². The quantitative estimate of drug-likeness (QED) is 0.758. The molecule has 3 heteroatoms. The Kier molecular flexibility index (Phi) is 4.12. The minimum Gasteiger partial charge on any atom is -0.478 e. The van der Waals surface area contributed by atoms with Crippen molar-refractivity contribution in [1.82, 2.24) is 4.98 Å². The van der Waals surface area contributed by atoms with E-state index in [1.165, 1.54) is 15.8 Å². The van der Waals surface area contributed by atoms with Crippen molar-refractivity contribution in [2.45, 2.75) is 31.6 Å². The molecule has 18 heavy (non-hydrogen) atoms. The van der Waals surface area contributed by atoms with Crippen LogP contribution in [-0.2, 0) is 0 Å². The van der Waals surface area contributed by atoms with Crippen LogP contribution in [-0.4, -0.2) is 17.8 Å². The van der Waals surface area contributed by atoms with Crippen molar-refractivity contribution in [3.05, 3.63) is 29.8 Å². The van der Waals surface area contributed by atoms with Gasteiger partial charge in [0.15, 0.2) is 0 Å². The van der Waals surface area contributed by atoms with Crippen LogP contribution in [0, 0.1) is 0 Å². The molecule has 0 N–H and O–H groups in total. The summed E-state index contributed by atoms with van der Waals surface area (Å²) in [5.41, 5.74) is 2.36. The third kappa shape index (κ3) is 2.46. The molecule has 1 aromatic heterocycles. The highest BCUT2D eigenvalue weighted by Crippen LogP contribution is 2.32. The van der Waals surface area contributed by atoms with E-state index < -0.39 is 0 Å². The number of fused-ring (bicyclic) bond motifs is 1. The van der Waals surface area contributed by atoms with E-state index in [1.807, 2.05) is 6.92 Å². The topological polar surface area (TPSA) is 22.1 Å². The van der Waals surface area contributed by atoms with Crippen LogP contribution in [0.2, 0.25) is 0 Å². The first-order chi connectivity index (χ1) is 8.67. The zero-order valence-corrected chi connectivity index (χ0v) is 12.2. The minimum atomic E-state index is 0.465. The zero-order chi connectivity index (χ0) is 13.1. The van der Waals surface area contributed by atoms with Gasteiger partial charge in [-0.3, -0.25) is 0 Å². The van der Waals surface area contributed by atoms with Crippen LogP contribution in [0.4, 0.5) is 0 Å². The number of pyridine rings is 1. The smallest absolute Gasteiger partial charge is 0.214 e. The van der Waals surface area contributed by atoms with Crippen molar-refractivity contribution in [3.8, 4) is 5.88 Å². The Morgan fingerprint density at radius 2 is 2.11 bits per heavy atom. The average molecular weight is 261 g/mol. The summed E-state index contributed by atoms with van der Waals surface area (Å²) in [4.78, 5) is 5.84. The Labute approximate surface area is 113 Å². The molecule has 0 amide bonds. The highest BCUT2D eigenvalue weighted by atomic mass is 32.2. The molecule has 0 spiro atoms. The molecule has 0 aliphatic rings. The second-order valence-corrected chi connectivity index (χ2v) is 5.34. The Hall–Kier alpha value is -1.22. The lowest BCUT2D eigenvalue weighted by atomic mass is 9.99. The van der Waals surface area contributed by atoms with Gasteiger partial charge < -0.3 is 4.74 Å². The SMILES string of the molecule is CCOc1cc(C(C)C)c2cccc(SC)c2n1. The molecule has 96 valence electrons. The molecule has 0 atom stereocenters. The summed E-state index contributed by atoms with van der Waals surface area (Å²) in [7, 11) is 0. The van der Waals surface area contributed by atoms with Gasteiger partial charge in [-0.25, -0.2) is 4.98 Å². The van der Waals surface area contributed by atoms with E-state index in [1.54, 1.807) is 11.8 Å². The first-order valence-electron chi connectivity index (χ1n) is 6.27. The summed E-state index contributed by atoms with van der Waals surface area (Å²) in [6.45, 7) is 7.05. The lowest BCUT2D eigenvalue weighted by molar-refractivity contribution is 0.327. The van der Waals surface area contributed by atoms with E-state index in [4.69, 9.17) is 4.74 Å². The van der Waals surface area contributed by atoms with E-state index in [9.17, 15) is 0 Å². The molecule has 0 unspecified atom stereocenters. The summed E-state index contributed by atoms with van der Waals surface area (Å²) in [6.07, 6.45) is 2.08. The second kappa shape index (κ2) is 5.61. The standard InChI is InChI=1S/C15H19NOS/c1-5-17-14-9-12(10(2)3)11-7-6-8-13(18-4)15(11)16-14/h6-10H,5H2,1-4H3. The Bertz CT molecular complexity index is 551. The highest BCUT2D eigenvalue weighted by Gasteiger charge is 2.11. The fraction of sp³-hybridized carbons (Fsp3) is 0.400. The Morgan fingerprint density at radius 3 is 2.72 bits per heavy atom. The fourth-order valence-electron chi connectivity index (χ4n) is 2.09. The van der Waals surface area contributed by atoms with Crippen LogP contribution in [0.15, 0.2) is 29.2 Å². The molecule has 0 aliphatic heterocycles. The number of para-hydroxylation sites is 1. The predicted octanol–water partition coefficient (Wildman–Crippen LogP) is 4.48. The molecule has 1 aromatic carbocycles. The molecule has 0 bridgehead atoms. The molecule has 2 nitrogen and oxygen atoms in total. The van der Waals surface area contributed by atoms with Gasteiger partial charge in [-0.15, -0.1) is 11.8 Å². The van der Waals surface area contributed by atoms with Crippen LogP contribution in [0.5, 0.6) is 5.88 Å². The molecule has 0 saturated carbocycles. The number of aromatic nitrogens is 1. The normalized spacial score (nSPS) is 11.2. The number of rotatable bonds is 4. The number of nitrogens with zero attached hydrogens (tertiary/aromatic N) is 1. The first-order valence-corrected chi connectivity index (χ1v) is 7.50. The van der Waals surface area contributed by atoms with Crippen molar-refractivity contribution in [2.75, 3.05) is 12.9 Å². The molecular formula is C15H19NOS. The summed E-state index contributed by atoms with van der Waals surface area (Å²) in [5, 5.41) is 1.24. The number of benzene rings is 1. The fourth-order valence-corrected chi connectivity index (χ4v) is 2.65. The van der Waals surface area contributed by atoms with Gasteiger partial charge in [-0.2, -0.15) is 0 Å². The van der Waals surface area contributed by atoms with Gasteiger partial charge in [0.05, 0.1) is 12.1 Å². The third-order valence-electron chi connectivity index (χ3n) is 2.95. The maximum absolute atomic E-state index is 5.58. The summed E-state index contributed by atoms with van der Waals surface area (Å²) in [6, 6.07) is 8.43. The van der Waals surface area contributed by atoms with Crippen molar-refractivity contribution in [1.29, 1.82) is 0 Å². The van der Waals surface area contributed by atoms with E-state index in [-0.39, 0.29) is 0 Å². The van der Waals surface area contributed by atoms with Crippen molar-refractivity contribution >= 4 is 22.7 Å². The number of hydrogen-bond acceptors (Lipinski definition) is 3. The van der Waals surface area contributed by atoms with Crippen LogP contribution in [0.25, 0.3) is 10.9 Å². The number of thioether (sulfide) groups is 1. The van der Waals surface area contributed by atoms with Crippen LogP contribution in [0.3, 0.4) is 0 Å². The van der Waals surface area contributed by atoms with Crippen molar-refractivity contribution < 1.29 is 4.74 Å². The average Bonchev–Trinajstić information content (AvgIpc) is 2.37. The molecule has 0 aliphatic carbocycles. The van der Waals surface area contributed by atoms with Gasteiger partial charge in [0.1, 0.15) is 0 Å². The molecule has 0 radical (unpaired) electrons. The zero-order valence-electron chi connectivity index (χ0n) is 11.4. The summed E-state index contributed by atoms with van der Waals surface area (Å²) < 4.78 is 5.58. The monoisotopic (exact) mass is 261 g/mol.